The SMILES string of the molecule is Cc1ccc(C#CC(=O)N2CCN(c3nc(-c4ccc(F)cc4)ns3)CC2)cc1F. The molecule has 1 aromatic heterocycles. The molecule has 2 heterocycles. The summed E-state index contributed by atoms with van der Waals surface area (Å²) in [7, 11) is 0. The van der Waals surface area contributed by atoms with E-state index in [1.807, 2.05) is 0 Å². The number of amides is 1. The number of hydrogen-bond donors (Lipinski definition) is 0. The summed E-state index contributed by atoms with van der Waals surface area (Å²) in [5.41, 5.74) is 1.78. The van der Waals surface area contributed by atoms with Crippen molar-refractivity contribution in [3.63, 3.8) is 0 Å². The third kappa shape index (κ3) is 4.47. The predicted octanol–water partition coefficient (Wildman–Crippen LogP) is 3.49. The van der Waals surface area contributed by atoms with Gasteiger partial charge in [-0.3, -0.25) is 4.79 Å². The topological polar surface area (TPSA) is 49.3 Å². The summed E-state index contributed by atoms with van der Waals surface area (Å²) in [4.78, 5) is 20.6. The summed E-state index contributed by atoms with van der Waals surface area (Å²) < 4.78 is 31.0. The Labute approximate surface area is 177 Å². The largest absolute Gasteiger partial charge is 0.343 e. The van der Waals surface area contributed by atoms with Crippen molar-refractivity contribution in [1.29, 1.82) is 0 Å². The van der Waals surface area contributed by atoms with Gasteiger partial charge in [-0.1, -0.05) is 12.0 Å². The number of piperazine rings is 1. The first-order valence-electron chi connectivity index (χ1n) is 9.41. The molecule has 1 aliphatic rings. The molecule has 0 atom stereocenters. The van der Waals surface area contributed by atoms with Crippen LogP contribution in [-0.2, 0) is 4.79 Å². The fourth-order valence-electron chi connectivity index (χ4n) is 3.04. The van der Waals surface area contributed by atoms with E-state index in [4.69, 9.17) is 0 Å². The minimum atomic E-state index is -0.333. The molecule has 8 heteroatoms. The van der Waals surface area contributed by atoms with Crippen molar-refractivity contribution in [2.24, 2.45) is 0 Å². The van der Waals surface area contributed by atoms with E-state index in [1.54, 1.807) is 36.1 Å². The molecular formula is C22H18F2N4OS. The number of halogens is 2. The smallest absolute Gasteiger partial charge is 0.298 e. The van der Waals surface area contributed by atoms with E-state index < -0.39 is 0 Å². The van der Waals surface area contributed by atoms with Crippen LogP contribution in [0, 0.1) is 30.4 Å². The van der Waals surface area contributed by atoms with E-state index in [0.717, 1.165) is 10.7 Å². The molecule has 152 valence electrons. The molecule has 0 aliphatic carbocycles. The average molecular weight is 424 g/mol. The fraction of sp³-hybridized carbons (Fsp3) is 0.227. The van der Waals surface area contributed by atoms with Crippen LogP contribution in [0.3, 0.4) is 0 Å². The second-order valence-corrected chi connectivity index (χ2v) is 7.63. The molecule has 1 saturated heterocycles. The molecule has 0 saturated carbocycles. The van der Waals surface area contributed by atoms with E-state index >= 15 is 0 Å². The Kier molecular flexibility index (Phi) is 5.72. The number of benzene rings is 2. The van der Waals surface area contributed by atoms with Gasteiger partial charge in [0, 0.05) is 54.8 Å². The zero-order valence-electron chi connectivity index (χ0n) is 16.2. The molecule has 2 aromatic carbocycles. The Hall–Kier alpha value is -3.31. The lowest BCUT2D eigenvalue weighted by atomic mass is 10.1. The van der Waals surface area contributed by atoms with E-state index in [0.29, 0.717) is 43.1 Å². The van der Waals surface area contributed by atoms with Crippen molar-refractivity contribution in [1.82, 2.24) is 14.3 Å². The first-order chi connectivity index (χ1) is 14.5. The monoisotopic (exact) mass is 424 g/mol. The number of rotatable bonds is 2. The van der Waals surface area contributed by atoms with Crippen molar-refractivity contribution in [3.8, 4) is 23.2 Å². The molecule has 0 N–H and O–H groups in total. The minimum absolute atomic E-state index is 0.278. The standard InChI is InChI=1S/C22H18F2N4OS/c1-15-2-3-16(14-19(15)24)4-9-20(29)27-10-12-28(13-11-27)22-25-21(26-30-22)17-5-7-18(23)8-6-17/h2-3,5-8,14H,10-13H2,1H3. The number of aromatic nitrogens is 2. The second kappa shape index (κ2) is 8.59. The Morgan fingerprint density at radius 1 is 1.07 bits per heavy atom. The maximum atomic E-state index is 13.6. The molecule has 4 rings (SSSR count). The number of aryl methyl sites for hydroxylation is 1. The van der Waals surface area contributed by atoms with Crippen molar-refractivity contribution in [2.45, 2.75) is 6.92 Å². The van der Waals surface area contributed by atoms with Crippen LogP contribution in [0.2, 0.25) is 0 Å². The quantitative estimate of drug-likeness (QED) is 0.591. The van der Waals surface area contributed by atoms with Crippen LogP contribution in [-0.4, -0.2) is 46.3 Å². The van der Waals surface area contributed by atoms with Gasteiger partial charge in [-0.15, -0.1) is 0 Å². The lowest BCUT2D eigenvalue weighted by Crippen LogP contribution is -2.48. The highest BCUT2D eigenvalue weighted by atomic mass is 32.1. The van der Waals surface area contributed by atoms with Crippen LogP contribution in [0.15, 0.2) is 42.5 Å². The highest BCUT2D eigenvalue weighted by Gasteiger charge is 2.22. The molecule has 3 aromatic rings. The van der Waals surface area contributed by atoms with Gasteiger partial charge >= 0.3 is 0 Å². The molecule has 1 aliphatic heterocycles. The highest BCUT2D eigenvalue weighted by Crippen LogP contribution is 2.25. The molecule has 0 unspecified atom stereocenters. The maximum Gasteiger partial charge on any atom is 0.298 e. The second-order valence-electron chi connectivity index (χ2n) is 6.90. The van der Waals surface area contributed by atoms with Gasteiger partial charge in [0.25, 0.3) is 5.91 Å². The summed E-state index contributed by atoms with van der Waals surface area (Å²) >= 11 is 1.28. The van der Waals surface area contributed by atoms with Crippen molar-refractivity contribution in [2.75, 3.05) is 31.1 Å². The molecule has 0 spiro atoms. The Bertz CT molecular complexity index is 1130. The van der Waals surface area contributed by atoms with Gasteiger partial charge in [-0.25, -0.2) is 8.78 Å². The fourth-order valence-corrected chi connectivity index (χ4v) is 3.78. The van der Waals surface area contributed by atoms with Crippen LogP contribution in [0.25, 0.3) is 11.4 Å². The molecule has 5 nitrogen and oxygen atoms in total. The number of hydrogen-bond acceptors (Lipinski definition) is 5. The van der Waals surface area contributed by atoms with Crippen molar-refractivity contribution < 1.29 is 13.6 Å². The molecule has 0 bridgehead atoms. The van der Waals surface area contributed by atoms with Crippen LogP contribution in [0.4, 0.5) is 13.9 Å². The van der Waals surface area contributed by atoms with Gasteiger partial charge < -0.3 is 9.80 Å². The minimum Gasteiger partial charge on any atom is -0.343 e. The third-order valence-corrected chi connectivity index (χ3v) is 5.62. The van der Waals surface area contributed by atoms with E-state index in [2.05, 4.69) is 26.1 Å². The zero-order valence-corrected chi connectivity index (χ0v) is 17.0. The number of carbonyl (C=O) groups excluding carboxylic acids is 1. The van der Waals surface area contributed by atoms with Gasteiger partial charge in [-0.2, -0.15) is 9.36 Å². The predicted molar refractivity (Wildman–Crippen MR) is 112 cm³/mol. The van der Waals surface area contributed by atoms with Gasteiger partial charge in [0.05, 0.1) is 0 Å². The number of nitrogens with zero attached hydrogens (tertiary/aromatic N) is 4. The van der Waals surface area contributed by atoms with E-state index in [9.17, 15) is 13.6 Å². The average Bonchev–Trinajstić information content (AvgIpc) is 3.25. The third-order valence-electron chi connectivity index (χ3n) is 4.84. The van der Waals surface area contributed by atoms with E-state index in [-0.39, 0.29) is 17.5 Å². The molecule has 30 heavy (non-hydrogen) atoms. The summed E-state index contributed by atoms with van der Waals surface area (Å²) in [6.07, 6.45) is 0. The molecular weight excluding hydrogens is 406 g/mol. The maximum absolute atomic E-state index is 13.6. The first-order valence-corrected chi connectivity index (χ1v) is 10.2. The molecule has 1 amide bonds. The Morgan fingerprint density at radius 2 is 1.80 bits per heavy atom. The lowest BCUT2D eigenvalue weighted by Gasteiger charge is -2.33. The van der Waals surface area contributed by atoms with Crippen molar-refractivity contribution >= 4 is 22.6 Å². The summed E-state index contributed by atoms with van der Waals surface area (Å²) in [6, 6.07) is 10.7. The van der Waals surface area contributed by atoms with E-state index in [1.165, 1.54) is 29.7 Å². The first kappa shape index (κ1) is 20.0. The number of carbonyl (C=O) groups is 1. The van der Waals surface area contributed by atoms with Gasteiger partial charge in [0.15, 0.2) is 5.82 Å². The number of anilines is 1. The lowest BCUT2D eigenvalue weighted by molar-refractivity contribution is -0.125. The normalized spacial score (nSPS) is 13.7. The van der Waals surface area contributed by atoms with Crippen LogP contribution in [0.5, 0.6) is 0 Å². The summed E-state index contributed by atoms with van der Waals surface area (Å²) in [5.74, 6) is 4.98. The highest BCUT2D eigenvalue weighted by molar-refractivity contribution is 7.09. The van der Waals surface area contributed by atoms with Crippen LogP contribution < -0.4 is 4.90 Å². The summed E-state index contributed by atoms with van der Waals surface area (Å²) in [5, 5.41) is 0.766. The Morgan fingerprint density at radius 3 is 2.50 bits per heavy atom. The summed E-state index contributed by atoms with van der Waals surface area (Å²) in [6.45, 7) is 3.94. The van der Waals surface area contributed by atoms with Crippen molar-refractivity contribution in [3.05, 3.63) is 65.2 Å². The van der Waals surface area contributed by atoms with Crippen LogP contribution in [0.1, 0.15) is 11.1 Å². The van der Waals surface area contributed by atoms with Crippen LogP contribution >= 0.6 is 11.5 Å². The molecule has 1 fully saturated rings. The van der Waals surface area contributed by atoms with Gasteiger partial charge in [0.2, 0.25) is 5.13 Å². The van der Waals surface area contributed by atoms with Gasteiger partial charge in [0.1, 0.15) is 11.6 Å². The Balaban J connectivity index is 1.36. The zero-order chi connectivity index (χ0) is 21.1. The van der Waals surface area contributed by atoms with Gasteiger partial charge in [-0.05, 0) is 48.9 Å². The molecule has 0 radical (unpaired) electrons.